The van der Waals surface area contributed by atoms with Crippen molar-refractivity contribution in [3.05, 3.63) is 0 Å². The molecule has 2 bridgehead atoms. The van der Waals surface area contributed by atoms with E-state index < -0.39 is 17.6 Å². The van der Waals surface area contributed by atoms with Crippen LogP contribution in [0.3, 0.4) is 0 Å². The lowest BCUT2D eigenvalue weighted by Crippen LogP contribution is -2.44. The highest BCUT2D eigenvalue weighted by atomic mass is 16.5. The Morgan fingerprint density at radius 1 is 1.19 bits per heavy atom. The van der Waals surface area contributed by atoms with Gasteiger partial charge in [0.25, 0.3) is 0 Å². The average Bonchev–Trinajstić information content (AvgIpc) is 2.89. The summed E-state index contributed by atoms with van der Waals surface area (Å²) in [5.41, 5.74) is -0.487. The molecule has 122 valence electrons. The number of rotatable bonds is 5. The Labute approximate surface area is 127 Å². The van der Waals surface area contributed by atoms with Crippen LogP contribution in [0.1, 0.15) is 53.9 Å². The summed E-state index contributed by atoms with van der Waals surface area (Å²) in [4.78, 5) is 12.7. The minimum absolute atomic E-state index is 0.0817. The molecule has 0 radical (unpaired) electrons. The monoisotopic (exact) mass is 298 g/mol. The molecule has 2 fully saturated rings. The Balaban J connectivity index is 2.04. The zero-order chi connectivity index (χ0) is 15.9. The third-order valence-corrected chi connectivity index (χ3v) is 5.69. The summed E-state index contributed by atoms with van der Waals surface area (Å²) in [6.07, 6.45) is 0.642. The number of hydrogen-bond acceptors (Lipinski definition) is 4. The van der Waals surface area contributed by atoms with Gasteiger partial charge in [-0.25, -0.2) is 0 Å². The zero-order valence-corrected chi connectivity index (χ0v) is 13.9. The lowest BCUT2D eigenvalue weighted by atomic mass is 9.73. The summed E-state index contributed by atoms with van der Waals surface area (Å²) >= 11 is 0. The first-order valence-electron chi connectivity index (χ1n) is 8.24. The summed E-state index contributed by atoms with van der Waals surface area (Å²) in [6.45, 7) is 10.3. The summed E-state index contributed by atoms with van der Waals surface area (Å²) < 4.78 is 5.78. The third-order valence-electron chi connectivity index (χ3n) is 5.69. The van der Waals surface area contributed by atoms with Crippen molar-refractivity contribution in [1.82, 2.24) is 0 Å². The van der Waals surface area contributed by atoms with Crippen LogP contribution in [0.4, 0.5) is 0 Å². The van der Waals surface area contributed by atoms with Crippen LogP contribution < -0.4 is 0 Å². The van der Waals surface area contributed by atoms with Gasteiger partial charge >= 0.3 is 5.97 Å². The van der Waals surface area contributed by atoms with E-state index in [2.05, 4.69) is 27.7 Å². The first kappa shape index (κ1) is 16.8. The molecule has 6 atom stereocenters. The largest absolute Gasteiger partial charge is 0.462 e. The lowest BCUT2D eigenvalue weighted by molar-refractivity contribution is -0.172. The fourth-order valence-electron chi connectivity index (χ4n) is 4.05. The fourth-order valence-corrected chi connectivity index (χ4v) is 4.05. The van der Waals surface area contributed by atoms with Crippen LogP contribution in [0.15, 0.2) is 0 Å². The summed E-state index contributed by atoms with van der Waals surface area (Å²) in [5, 5.41) is 19.8. The lowest BCUT2D eigenvalue weighted by Gasteiger charge is -2.36. The van der Waals surface area contributed by atoms with Gasteiger partial charge in [-0.05, 0) is 43.9 Å². The van der Waals surface area contributed by atoms with Crippen molar-refractivity contribution in [2.45, 2.75) is 72.2 Å². The van der Waals surface area contributed by atoms with E-state index in [4.69, 9.17) is 4.74 Å². The second kappa shape index (κ2) is 5.88. The van der Waals surface area contributed by atoms with Crippen molar-refractivity contribution in [2.24, 2.45) is 29.1 Å². The molecule has 0 aromatic carbocycles. The van der Waals surface area contributed by atoms with Crippen molar-refractivity contribution in [1.29, 1.82) is 0 Å². The number of carbonyl (C=O) groups is 1. The van der Waals surface area contributed by atoms with Crippen LogP contribution in [-0.2, 0) is 9.53 Å². The molecule has 0 heterocycles. The number of aliphatic hydroxyl groups is 2. The molecule has 4 nitrogen and oxygen atoms in total. The number of carbonyl (C=O) groups excluding carboxylic acids is 1. The Morgan fingerprint density at radius 3 is 2.24 bits per heavy atom. The summed E-state index contributed by atoms with van der Waals surface area (Å²) in [6, 6.07) is 0. The molecule has 6 unspecified atom stereocenters. The molecule has 0 aliphatic heterocycles. The molecule has 21 heavy (non-hydrogen) atoms. The molecule has 0 saturated heterocycles. The van der Waals surface area contributed by atoms with Crippen LogP contribution in [0.2, 0.25) is 0 Å². The molecule has 2 rings (SSSR count). The first-order valence-corrected chi connectivity index (χ1v) is 8.24. The van der Waals surface area contributed by atoms with E-state index in [1.807, 2.05) is 6.92 Å². The molecule has 2 aliphatic rings. The Morgan fingerprint density at radius 2 is 1.81 bits per heavy atom. The Bertz CT molecular complexity index is 390. The Hall–Kier alpha value is -0.610. The zero-order valence-electron chi connectivity index (χ0n) is 13.9. The molecule has 0 amide bonds. The van der Waals surface area contributed by atoms with Gasteiger partial charge in [-0.1, -0.05) is 27.7 Å². The van der Waals surface area contributed by atoms with Crippen LogP contribution in [0.25, 0.3) is 0 Å². The van der Waals surface area contributed by atoms with Gasteiger partial charge < -0.3 is 14.9 Å². The number of ether oxygens (including phenoxy) is 1. The van der Waals surface area contributed by atoms with Crippen LogP contribution in [-0.4, -0.2) is 34.5 Å². The molecule has 2 saturated carbocycles. The second-order valence-corrected chi connectivity index (χ2v) is 7.99. The number of esters is 1. The van der Waals surface area contributed by atoms with Crippen molar-refractivity contribution in [3.8, 4) is 0 Å². The van der Waals surface area contributed by atoms with Gasteiger partial charge in [-0.15, -0.1) is 0 Å². The van der Waals surface area contributed by atoms with E-state index in [0.29, 0.717) is 12.3 Å². The molecule has 0 spiro atoms. The van der Waals surface area contributed by atoms with Gasteiger partial charge in [0.05, 0.1) is 17.6 Å². The number of hydrogen-bond donors (Lipinski definition) is 2. The normalized spacial score (nSPS) is 38.0. The average molecular weight is 298 g/mol. The van der Waals surface area contributed by atoms with Gasteiger partial charge in [-0.2, -0.15) is 0 Å². The van der Waals surface area contributed by atoms with Crippen LogP contribution in [0, 0.1) is 29.1 Å². The van der Waals surface area contributed by atoms with E-state index in [1.54, 1.807) is 0 Å². The van der Waals surface area contributed by atoms with Crippen LogP contribution >= 0.6 is 0 Å². The van der Waals surface area contributed by atoms with Crippen LogP contribution in [0.5, 0.6) is 0 Å². The fraction of sp³-hybridized carbons (Fsp3) is 0.941. The predicted molar refractivity (Wildman–Crippen MR) is 80.5 cm³/mol. The molecule has 4 heteroatoms. The molecular formula is C17H30O4. The second-order valence-electron chi connectivity index (χ2n) is 7.99. The van der Waals surface area contributed by atoms with Gasteiger partial charge in [-0.3, -0.25) is 4.79 Å². The van der Waals surface area contributed by atoms with Gasteiger partial charge in [0, 0.05) is 5.92 Å². The van der Waals surface area contributed by atoms with Crippen molar-refractivity contribution < 1.29 is 19.7 Å². The quantitative estimate of drug-likeness (QED) is 0.765. The third kappa shape index (κ3) is 2.98. The van der Waals surface area contributed by atoms with E-state index in [0.717, 1.165) is 12.8 Å². The molecule has 0 aromatic rings. The summed E-state index contributed by atoms with van der Waals surface area (Å²) in [5.74, 6) is 0.479. The van der Waals surface area contributed by atoms with E-state index in [9.17, 15) is 15.0 Å². The maximum absolute atomic E-state index is 12.7. The molecule has 0 aromatic heterocycles. The van der Waals surface area contributed by atoms with E-state index in [-0.39, 0.29) is 29.8 Å². The Kier molecular flexibility index (Phi) is 4.69. The first-order chi connectivity index (χ1) is 9.66. The molecular weight excluding hydrogens is 268 g/mol. The van der Waals surface area contributed by atoms with Crippen molar-refractivity contribution in [2.75, 3.05) is 0 Å². The topological polar surface area (TPSA) is 66.8 Å². The highest BCUT2D eigenvalue weighted by Gasteiger charge is 2.54. The smallest absolute Gasteiger partial charge is 0.312 e. The summed E-state index contributed by atoms with van der Waals surface area (Å²) in [7, 11) is 0. The van der Waals surface area contributed by atoms with Crippen molar-refractivity contribution >= 4 is 5.97 Å². The minimum atomic E-state index is -0.739. The molecule has 2 aliphatic carbocycles. The minimum Gasteiger partial charge on any atom is -0.462 e. The highest BCUT2D eigenvalue weighted by molar-refractivity contribution is 5.77. The SMILES string of the molecule is CC(C)CC(C)(C(=O)OC1CC2CC1C(O)C2O)C(C)C. The van der Waals surface area contributed by atoms with Gasteiger partial charge in [0.2, 0.25) is 0 Å². The predicted octanol–water partition coefficient (Wildman–Crippen LogP) is 2.37. The number of fused-ring (bicyclic) bond motifs is 2. The van der Waals surface area contributed by atoms with Gasteiger partial charge in [0.1, 0.15) is 6.10 Å². The maximum Gasteiger partial charge on any atom is 0.312 e. The number of aliphatic hydroxyl groups excluding tert-OH is 2. The molecule has 2 N–H and O–H groups in total. The van der Waals surface area contributed by atoms with E-state index in [1.165, 1.54) is 0 Å². The van der Waals surface area contributed by atoms with Crippen molar-refractivity contribution in [3.63, 3.8) is 0 Å². The standard InChI is InChI=1S/C17H30O4/c1-9(2)8-17(5,10(3)4)16(20)21-13-7-11-6-12(13)15(19)14(11)18/h9-15,18-19H,6-8H2,1-5H3. The van der Waals surface area contributed by atoms with E-state index >= 15 is 0 Å². The maximum atomic E-state index is 12.7. The van der Waals surface area contributed by atoms with Gasteiger partial charge in [0.15, 0.2) is 0 Å². The highest BCUT2D eigenvalue weighted by Crippen LogP contribution is 2.47.